The van der Waals surface area contributed by atoms with Crippen LogP contribution in [0.5, 0.6) is 0 Å². The van der Waals surface area contributed by atoms with E-state index in [1.54, 1.807) is 0 Å². The van der Waals surface area contributed by atoms with Gasteiger partial charge in [-0.3, -0.25) is 0 Å². The molecule has 0 N–H and O–H groups in total. The molecule has 0 aromatic carbocycles. The topological polar surface area (TPSA) is 0 Å². The Balaban J connectivity index is 3.81. The maximum absolute atomic E-state index is 5.74. The van der Waals surface area contributed by atoms with E-state index in [1.165, 1.54) is 0 Å². The number of halogens is 6. The number of hydrogen-bond acceptors (Lipinski definition) is 0. The van der Waals surface area contributed by atoms with E-state index in [9.17, 15) is 0 Å². The van der Waals surface area contributed by atoms with E-state index in [4.69, 9.17) is 46.4 Å². The molecular weight excluding hydrogens is 350 g/mol. The van der Waals surface area contributed by atoms with Gasteiger partial charge in [-0.05, 0) is 0 Å². The Morgan fingerprint density at radius 3 is 1.40 bits per heavy atom. The van der Waals surface area contributed by atoms with Gasteiger partial charge in [0.05, 0.1) is 10.2 Å². The van der Waals surface area contributed by atoms with Gasteiger partial charge in [0.15, 0.2) is 0 Å². The van der Waals surface area contributed by atoms with Crippen molar-refractivity contribution in [1.29, 1.82) is 0 Å². The Bertz CT molecular complexity index is 85.3. The van der Waals surface area contributed by atoms with Crippen LogP contribution in [0.2, 0.25) is 0 Å². The van der Waals surface area contributed by atoms with Gasteiger partial charge in [0.25, 0.3) is 0 Å². The van der Waals surface area contributed by atoms with Gasteiger partial charge in [0, 0.05) is 0 Å². The molecule has 0 nitrogen and oxygen atoms in total. The minimum absolute atomic E-state index is 0.143. The second-order valence-corrected chi connectivity index (χ2v) is 6.27. The fourth-order valence-corrected chi connectivity index (χ4v) is 2.13. The van der Waals surface area contributed by atoms with Crippen LogP contribution >= 0.6 is 78.3 Å². The van der Waals surface area contributed by atoms with Crippen LogP contribution in [0.15, 0.2) is 0 Å². The van der Waals surface area contributed by atoms with Crippen LogP contribution in [0.3, 0.4) is 0 Å². The highest BCUT2D eigenvalue weighted by molar-refractivity contribution is 9.12. The SMILES string of the molecule is ClC(Cl)C(Cl)C(Br)C(Cl)Br. The van der Waals surface area contributed by atoms with Gasteiger partial charge >= 0.3 is 0 Å². The Kier molecular flexibility index (Phi) is 6.92. The summed E-state index contributed by atoms with van der Waals surface area (Å²) < 4.78 is -0.269. The first-order valence-corrected chi connectivity index (χ1v) is 5.89. The smallest absolute Gasteiger partial charge is 0.119 e. The molecule has 0 saturated heterocycles. The van der Waals surface area contributed by atoms with Gasteiger partial charge in [-0.2, -0.15) is 0 Å². The van der Waals surface area contributed by atoms with Crippen molar-refractivity contribution in [3.05, 3.63) is 0 Å². The first-order chi connectivity index (χ1) is 4.46. The molecule has 0 fully saturated rings. The molecule has 0 aliphatic carbocycles. The molecule has 3 atom stereocenters. The third kappa shape index (κ3) is 4.22. The summed E-state index contributed by atoms with van der Waals surface area (Å²) in [6, 6.07) is 0. The fraction of sp³-hybridized carbons (Fsp3) is 1.00. The lowest BCUT2D eigenvalue weighted by Crippen LogP contribution is -2.26. The first kappa shape index (κ1) is 12.1. The molecule has 10 heavy (non-hydrogen) atoms. The maximum atomic E-state index is 5.74. The average Bonchev–Trinajstić information content (AvgIpc) is 1.84. The quantitative estimate of drug-likeness (QED) is 0.670. The fourth-order valence-electron chi connectivity index (χ4n) is 0.278. The van der Waals surface area contributed by atoms with E-state index >= 15 is 0 Å². The highest BCUT2D eigenvalue weighted by Gasteiger charge is 2.27. The zero-order valence-electron chi connectivity index (χ0n) is 4.58. The highest BCUT2D eigenvalue weighted by atomic mass is 79.9. The van der Waals surface area contributed by atoms with Crippen LogP contribution in [0, 0.1) is 0 Å². The molecule has 0 aliphatic heterocycles. The molecule has 0 aromatic heterocycles. The molecule has 0 bridgehead atoms. The molecule has 6 heteroatoms. The Labute approximate surface area is 96.8 Å². The van der Waals surface area contributed by atoms with Crippen molar-refractivity contribution in [1.82, 2.24) is 0 Å². The van der Waals surface area contributed by atoms with Gasteiger partial charge in [-0.1, -0.05) is 31.9 Å². The van der Waals surface area contributed by atoms with Crippen LogP contribution in [0.1, 0.15) is 0 Å². The zero-order valence-corrected chi connectivity index (χ0v) is 10.8. The van der Waals surface area contributed by atoms with Crippen LogP contribution in [-0.4, -0.2) is 19.3 Å². The van der Waals surface area contributed by atoms with Gasteiger partial charge in [-0.15, -0.1) is 46.4 Å². The van der Waals surface area contributed by atoms with Crippen LogP contribution < -0.4 is 0 Å². The summed E-state index contributed by atoms with van der Waals surface area (Å²) in [6.07, 6.45) is 0. The maximum Gasteiger partial charge on any atom is 0.125 e. The van der Waals surface area contributed by atoms with E-state index in [0.29, 0.717) is 0 Å². The summed E-state index contributed by atoms with van der Waals surface area (Å²) >= 11 is 28.7. The second kappa shape index (κ2) is 5.71. The van der Waals surface area contributed by atoms with Gasteiger partial charge in [0.2, 0.25) is 0 Å². The van der Waals surface area contributed by atoms with E-state index in [2.05, 4.69) is 31.9 Å². The molecule has 3 unspecified atom stereocenters. The van der Waals surface area contributed by atoms with Gasteiger partial charge in [0.1, 0.15) is 9.12 Å². The number of alkyl halides is 6. The first-order valence-electron chi connectivity index (χ1n) is 2.31. The summed E-state index contributed by atoms with van der Waals surface area (Å²) in [4.78, 5) is -0.763. The predicted molar refractivity (Wildman–Crippen MR) is 56.4 cm³/mol. The van der Waals surface area contributed by atoms with Crippen molar-refractivity contribution in [3.8, 4) is 0 Å². The molecule has 0 amide bonds. The summed E-state index contributed by atoms with van der Waals surface area (Å²) in [5, 5.41) is -0.398. The Morgan fingerprint density at radius 2 is 1.30 bits per heavy atom. The Morgan fingerprint density at radius 1 is 0.900 bits per heavy atom. The van der Waals surface area contributed by atoms with Crippen LogP contribution in [0.25, 0.3) is 0 Å². The average molecular weight is 354 g/mol. The minimum atomic E-state index is -0.621. The zero-order chi connectivity index (χ0) is 8.31. The Hall–Kier alpha value is 2.12. The standard InChI is InChI=1S/C4H4Br2Cl4/c5-1(3(6)8)2(7)4(9)10/h1-4H. The molecule has 0 rings (SSSR count). The summed E-state index contributed by atoms with van der Waals surface area (Å²) in [6.45, 7) is 0. The van der Waals surface area contributed by atoms with E-state index in [1.807, 2.05) is 0 Å². The third-order valence-electron chi connectivity index (χ3n) is 0.786. The lowest BCUT2D eigenvalue weighted by molar-refractivity contribution is 0.890. The molecule has 0 heterocycles. The van der Waals surface area contributed by atoms with Crippen molar-refractivity contribution in [3.63, 3.8) is 0 Å². The molecular formula is C4H4Br2Cl4. The lowest BCUT2D eigenvalue weighted by atomic mass is 10.4. The number of rotatable bonds is 3. The highest BCUT2D eigenvalue weighted by Crippen LogP contribution is 2.29. The summed E-state index contributed by atoms with van der Waals surface area (Å²) in [5.74, 6) is 0. The molecule has 0 aromatic rings. The van der Waals surface area contributed by atoms with E-state index < -0.39 is 10.2 Å². The lowest BCUT2D eigenvalue weighted by Gasteiger charge is -2.17. The minimum Gasteiger partial charge on any atom is -0.119 e. The largest absolute Gasteiger partial charge is 0.125 e. The van der Waals surface area contributed by atoms with Crippen molar-refractivity contribution in [2.24, 2.45) is 0 Å². The van der Waals surface area contributed by atoms with Gasteiger partial charge < -0.3 is 0 Å². The summed E-state index contributed by atoms with van der Waals surface area (Å²) in [7, 11) is 0. The summed E-state index contributed by atoms with van der Waals surface area (Å²) in [5.41, 5.74) is 0. The normalized spacial score (nSPS) is 20.7. The molecule has 62 valence electrons. The third-order valence-corrected chi connectivity index (χ3v) is 5.37. The van der Waals surface area contributed by atoms with Crippen molar-refractivity contribution in [2.45, 2.75) is 19.3 Å². The van der Waals surface area contributed by atoms with Crippen LogP contribution in [-0.2, 0) is 0 Å². The van der Waals surface area contributed by atoms with Crippen molar-refractivity contribution < 1.29 is 0 Å². The van der Waals surface area contributed by atoms with Crippen LogP contribution in [0.4, 0.5) is 0 Å². The molecule has 0 saturated carbocycles. The second-order valence-electron chi connectivity index (χ2n) is 1.56. The van der Waals surface area contributed by atoms with Crippen molar-refractivity contribution >= 4 is 78.3 Å². The van der Waals surface area contributed by atoms with E-state index in [0.717, 1.165) is 0 Å². The van der Waals surface area contributed by atoms with E-state index in [-0.39, 0.29) is 9.11 Å². The molecule has 0 aliphatic rings. The monoisotopic (exact) mass is 350 g/mol. The van der Waals surface area contributed by atoms with Crippen molar-refractivity contribution in [2.75, 3.05) is 0 Å². The molecule has 0 radical (unpaired) electrons. The van der Waals surface area contributed by atoms with Gasteiger partial charge in [-0.25, -0.2) is 0 Å². The number of hydrogen-bond donors (Lipinski definition) is 0. The molecule has 0 spiro atoms. The predicted octanol–water partition coefficient (Wildman–Crippen LogP) is 4.12.